The van der Waals surface area contributed by atoms with Crippen LogP contribution in [0.25, 0.3) is 0 Å². The summed E-state index contributed by atoms with van der Waals surface area (Å²) in [5, 5.41) is 0. The minimum absolute atomic E-state index is 0.0253. The molecule has 0 saturated heterocycles. The number of rotatable bonds is 2. The van der Waals surface area contributed by atoms with E-state index in [0.717, 1.165) is 17.7 Å². The second kappa shape index (κ2) is 5.40. The summed E-state index contributed by atoms with van der Waals surface area (Å²) < 4.78 is 38.6. The monoisotopic (exact) mass is 342 g/mol. The summed E-state index contributed by atoms with van der Waals surface area (Å²) in [6, 6.07) is 9.50. The maximum absolute atomic E-state index is 12.6. The molecule has 0 radical (unpaired) electrons. The lowest BCUT2D eigenvalue weighted by atomic mass is 10.00. The number of benzene rings is 2. The average molecular weight is 343 g/mol. The third-order valence-electron chi connectivity index (χ3n) is 2.76. The van der Waals surface area contributed by atoms with Crippen molar-refractivity contribution in [2.24, 2.45) is 0 Å². The third kappa shape index (κ3) is 3.28. The highest BCUT2D eigenvalue weighted by molar-refractivity contribution is 9.10. The van der Waals surface area contributed by atoms with Gasteiger partial charge in [-0.1, -0.05) is 28.1 Å². The van der Waals surface area contributed by atoms with E-state index in [1.165, 1.54) is 12.1 Å². The first-order valence-electron chi connectivity index (χ1n) is 5.76. The molecule has 0 unspecified atom stereocenters. The minimum atomic E-state index is -4.45. The quantitative estimate of drug-likeness (QED) is 0.701. The van der Waals surface area contributed by atoms with Gasteiger partial charge in [0.2, 0.25) is 0 Å². The highest BCUT2D eigenvalue weighted by atomic mass is 79.9. The Morgan fingerprint density at radius 3 is 2.35 bits per heavy atom. The van der Waals surface area contributed by atoms with Gasteiger partial charge in [-0.15, -0.1) is 0 Å². The van der Waals surface area contributed by atoms with Gasteiger partial charge in [0.1, 0.15) is 0 Å². The Bertz CT molecular complexity index is 642. The van der Waals surface area contributed by atoms with Crippen LogP contribution in [0.3, 0.4) is 0 Å². The number of halogens is 4. The Morgan fingerprint density at radius 2 is 1.75 bits per heavy atom. The van der Waals surface area contributed by atoms with Crippen LogP contribution in [0.1, 0.15) is 27.0 Å². The summed E-state index contributed by atoms with van der Waals surface area (Å²) in [6.45, 7) is 1.81. The van der Waals surface area contributed by atoms with Gasteiger partial charge in [0.25, 0.3) is 0 Å². The Morgan fingerprint density at radius 1 is 1.05 bits per heavy atom. The summed E-state index contributed by atoms with van der Waals surface area (Å²) in [6.07, 6.45) is -4.45. The third-order valence-corrected chi connectivity index (χ3v) is 3.21. The molecule has 0 aliphatic heterocycles. The van der Waals surface area contributed by atoms with E-state index in [-0.39, 0.29) is 5.56 Å². The van der Waals surface area contributed by atoms with Crippen LogP contribution in [-0.2, 0) is 6.18 Å². The summed E-state index contributed by atoms with van der Waals surface area (Å²) in [4.78, 5) is 12.2. The van der Waals surface area contributed by atoms with Crippen LogP contribution in [0.5, 0.6) is 0 Å². The highest BCUT2D eigenvalue weighted by Gasteiger charge is 2.30. The molecule has 5 heteroatoms. The van der Waals surface area contributed by atoms with Crippen molar-refractivity contribution in [1.82, 2.24) is 0 Å². The van der Waals surface area contributed by atoms with Crippen molar-refractivity contribution in [1.29, 1.82) is 0 Å². The fraction of sp³-hybridized carbons (Fsp3) is 0.133. The van der Waals surface area contributed by atoms with Gasteiger partial charge in [0, 0.05) is 15.6 Å². The zero-order chi connectivity index (χ0) is 14.9. The van der Waals surface area contributed by atoms with E-state index < -0.39 is 17.5 Å². The molecular formula is C15H10BrF3O. The van der Waals surface area contributed by atoms with Crippen molar-refractivity contribution in [2.45, 2.75) is 13.1 Å². The maximum Gasteiger partial charge on any atom is 0.416 e. The summed E-state index contributed by atoms with van der Waals surface area (Å²) in [7, 11) is 0. The van der Waals surface area contributed by atoms with E-state index in [0.29, 0.717) is 10.0 Å². The van der Waals surface area contributed by atoms with Crippen molar-refractivity contribution < 1.29 is 18.0 Å². The molecule has 0 heterocycles. The molecule has 2 aromatic carbocycles. The predicted octanol–water partition coefficient (Wildman–Crippen LogP) is 5.01. The molecular weight excluding hydrogens is 333 g/mol. The summed E-state index contributed by atoms with van der Waals surface area (Å²) in [5.74, 6) is -0.430. The molecule has 1 nitrogen and oxygen atoms in total. The minimum Gasteiger partial charge on any atom is -0.289 e. The highest BCUT2D eigenvalue weighted by Crippen LogP contribution is 2.30. The molecule has 2 rings (SSSR count). The summed E-state index contributed by atoms with van der Waals surface area (Å²) >= 11 is 3.27. The topological polar surface area (TPSA) is 17.1 Å². The van der Waals surface area contributed by atoms with Crippen molar-refractivity contribution in [3.05, 3.63) is 69.2 Å². The van der Waals surface area contributed by atoms with Gasteiger partial charge >= 0.3 is 6.18 Å². The molecule has 20 heavy (non-hydrogen) atoms. The van der Waals surface area contributed by atoms with Gasteiger partial charge in [-0.25, -0.2) is 0 Å². The normalized spacial score (nSPS) is 11.4. The van der Waals surface area contributed by atoms with Gasteiger partial charge in [-0.2, -0.15) is 13.2 Å². The van der Waals surface area contributed by atoms with Crippen molar-refractivity contribution >= 4 is 21.7 Å². The zero-order valence-electron chi connectivity index (χ0n) is 10.5. The van der Waals surface area contributed by atoms with Crippen molar-refractivity contribution in [3.63, 3.8) is 0 Å². The van der Waals surface area contributed by atoms with Gasteiger partial charge in [0.05, 0.1) is 5.56 Å². The van der Waals surface area contributed by atoms with Crippen molar-refractivity contribution in [3.8, 4) is 0 Å². The van der Waals surface area contributed by atoms with Crippen LogP contribution in [0.4, 0.5) is 13.2 Å². The van der Waals surface area contributed by atoms with Crippen LogP contribution in [0.2, 0.25) is 0 Å². The molecule has 0 aliphatic rings. The molecule has 104 valence electrons. The van der Waals surface area contributed by atoms with E-state index in [1.807, 2.05) is 13.0 Å². The number of carbonyl (C=O) groups excluding carboxylic acids is 1. The maximum atomic E-state index is 12.6. The van der Waals surface area contributed by atoms with Crippen LogP contribution in [0.15, 0.2) is 46.9 Å². The zero-order valence-corrected chi connectivity index (χ0v) is 12.0. The van der Waals surface area contributed by atoms with E-state index in [1.54, 1.807) is 12.1 Å². The molecule has 2 aromatic rings. The first-order valence-corrected chi connectivity index (χ1v) is 6.56. The molecule has 0 bridgehead atoms. The molecule has 0 aliphatic carbocycles. The molecule has 0 saturated carbocycles. The second-order valence-electron chi connectivity index (χ2n) is 4.42. The standard InChI is InChI=1S/C15H10BrF3O/c1-9-5-11(8-13(16)6-9)14(20)10-3-2-4-12(7-10)15(17,18)19/h2-8H,1H3. The van der Waals surface area contributed by atoms with Crippen LogP contribution < -0.4 is 0 Å². The first-order chi connectivity index (χ1) is 9.27. The fourth-order valence-electron chi connectivity index (χ4n) is 1.87. The average Bonchev–Trinajstić information content (AvgIpc) is 2.36. The van der Waals surface area contributed by atoms with E-state index in [9.17, 15) is 18.0 Å². The SMILES string of the molecule is Cc1cc(Br)cc(C(=O)c2cccc(C(F)(F)F)c2)c1. The Labute approximate surface area is 122 Å². The number of alkyl halides is 3. The number of hydrogen-bond acceptors (Lipinski definition) is 1. The lowest BCUT2D eigenvalue weighted by Gasteiger charge is -2.09. The molecule has 0 atom stereocenters. The first kappa shape index (κ1) is 14.8. The Kier molecular flexibility index (Phi) is 3.99. The van der Waals surface area contributed by atoms with E-state index in [4.69, 9.17) is 0 Å². The second-order valence-corrected chi connectivity index (χ2v) is 5.34. The smallest absolute Gasteiger partial charge is 0.289 e. The Balaban J connectivity index is 2.43. The van der Waals surface area contributed by atoms with Crippen molar-refractivity contribution in [2.75, 3.05) is 0 Å². The van der Waals surface area contributed by atoms with Gasteiger partial charge in [-0.3, -0.25) is 4.79 Å². The van der Waals surface area contributed by atoms with E-state index >= 15 is 0 Å². The van der Waals surface area contributed by atoms with Gasteiger partial charge in [0.15, 0.2) is 5.78 Å². The van der Waals surface area contributed by atoms with Crippen LogP contribution in [0, 0.1) is 6.92 Å². The van der Waals surface area contributed by atoms with Gasteiger partial charge in [-0.05, 0) is 42.8 Å². The molecule has 0 spiro atoms. The number of carbonyl (C=O) groups is 1. The number of ketones is 1. The predicted molar refractivity (Wildman–Crippen MR) is 73.8 cm³/mol. The molecule has 0 amide bonds. The van der Waals surface area contributed by atoms with Gasteiger partial charge < -0.3 is 0 Å². The molecule has 0 fully saturated rings. The van der Waals surface area contributed by atoms with Crippen LogP contribution in [-0.4, -0.2) is 5.78 Å². The fourth-order valence-corrected chi connectivity index (χ4v) is 2.48. The lowest BCUT2D eigenvalue weighted by Crippen LogP contribution is -2.08. The number of hydrogen-bond donors (Lipinski definition) is 0. The molecule has 0 N–H and O–H groups in total. The molecule has 0 aromatic heterocycles. The lowest BCUT2D eigenvalue weighted by molar-refractivity contribution is -0.137. The van der Waals surface area contributed by atoms with Crippen LogP contribution >= 0.6 is 15.9 Å². The van der Waals surface area contributed by atoms with E-state index in [2.05, 4.69) is 15.9 Å². The number of aryl methyl sites for hydroxylation is 1. The Hall–Kier alpha value is -1.62. The summed E-state index contributed by atoms with van der Waals surface area (Å²) in [5.41, 5.74) is 0.415. The largest absolute Gasteiger partial charge is 0.416 e.